The van der Waals surface area contributed by atoms with Gasteiger partial charge in [0.25, 0.3) is 0 Å². The van der Waals surface area contributed by atoms with Gasteiger partial charge in [0.1, 0.15) is 5.75 Å². The number of nitrogens with zero attached hydrogens (tertiary/aromatic N) is 1. The Morgan fingerprint density at radius 1 is 1.33 bits per heavy atom. The van der Waals surface area contributed by atoms with Gasteiger partial charge in [-0.05, 0) is 61.0 Å². The van der Waals surface area contributed by atoms with Crippen LogP contribution in [-0.2, 0) is 11.3 Å². The van der Waals surface area contributed by atoms with Crippen molar-refractivity contribution in [3.63, 3.8) is 0 Å². The summed E-state index contributed by atoms with van der Waals surface area (Å²) >= 11 is 1.69. The molecule has 1 saturated heterocycles. The molecule has 1 amide bonds. The molecule has 2 heterocycles. The molecule has 0 aliphatic carbocycles. The number of thiophene rings is 1. The van der Waals surface area contributed by atoms with Crippen LogP contribution in [0.1, 0.15) is 34.9 Å². The van der Waals surface area contributed by atoms with Crippen LogP contribution in [0.25, 0.3) is 0 Å². The highest BCUT2D eigenvalue weighted by Gasteiger charge is 2.27. The third-order valence-corrected chi connectivity index (χ3v) is 5.65. The number of aryl methyl sites for hydroxylation is 1. The second-order valence-corrected chi connectivity index (χ2v) is 7.21. The smallest absolute Gasteiger partial charge is 0.234 e. The first-order valence-electron chi connectivity index (χ1n) is 8.35. The van der Waals surface area contributed by atoms with Gasteiger partial charge in [-0.25, -0.2) is 0 Å². The average Bonchev–Trinajstić information content (AvgIpc) is 3.22. The lowest BCUT2D eigenvalue weighted by Gasteiger charge is -2.24. The molecule has 1 aromatic heterocycles. The van der Waals surface area contributed by atoms with Crippen LogP contribution in [0.5, 0.6) is 5.75 Å². The Bertz CT molecular complexity index is 681. The molecule has 2 aromatic rings. The molecule has 24 heavy (non-hydrogen) atoms. The molecule has 1 atom stereocenters. The molecule has 1 aromatic carbocycles. The van der Waals surface area contributed by atoms with Gasteiger partial charge in [0.05, 0.1) is 20.2 Å². The van der Waals surface area contributed by atoms with E-state index in [1.165, 1.54) is 16.0 Å². The Balaban J connectivity index is 1.56. The topological polar surface area (TPSA) is 41.6 Å². The molecule has 1 fully saturated rings. The van der Waals surface area contributed by atoms with Gasteiger partial charge in [-0.2, -0.15) is 0 Å². The molecular formula is C19H24N2O2S. The largest absolute Gasteiger partial charge is 0.497 e. The predicted octanol–water partition coefficient (Wildman–Crippen LogP) is 3.52. The van der Waals surface area contributed by atoms with E-state index in [1.54, 1.807) is 18.4 Å². The van der Waals surface area contributed by atoms with E-state index in [-0.39, 0.29) is 5.91 Å². The molecule has 4 nitrogen and oxygen atoms in total. The first-order valence-corrected chi connectivity index (χ1v) is 9.23. The van der Waals surface area contributed by atoms with Gasteiger partial charge in [0.15, 0.2) is 0 Å². The van der Waals surface area contributed by atoms with Crippen molar-refractivity contribution in [2.75, 3.05) is 20.2 Å². The van der Waals surface area contributed by atoms with Crippen LogP contribution in [0.15, 0.2) is 35.7 Å². The molecule has 5 heteroatoms. The third kappa shape index (κ3) is 3.97. The van der Waals surface area contributed by atoms with E-state index in [0.29, 0.717) is 19.1 Å². The first-order chi connectivity index (χ1) is 11.7. The van der Waals surface area contributed by atoms with Crippen molar-refractivity contribution in [3.05, 3.63) is 51.7 Å². The SMILES string of the molecule is COc1ccc(C2CCCN2CC(=O)NCc2sccc2C)cc1. The monoisotopic (exact) mass is 344 g/mol. The van der Waals surface area contributed by atoms with E-state index in [2.05, 4.69) is 40.7 Å². The second-order valence-electron chi connectivity index (χ2n) is 6.21. The van der Waals surface area contributed by atoms with Crippen molar-refractivity contribution in [1.82, 2.24) is 10.2 Å². The minimum Gasteiger partial charge on any atom is -0.497 e. The van der Waals surface area contributed by atoms with Gasteiger partial charge in [0, 0.05) is 10.9 Å². The zero-order valence-corrected chi connectivity index (χ0v) is 15.1. The summed E-state index contributed by atoms with van der Waals surface area (Å²) in [6, 6.07) is 10.6. The van der Waals surface area contributed by atoms with Crippen LogP contribution in [-0.4, -0.2) is 31.0 Å². The molecule has 128 valence electrons. The maximum Gasteiger partial charge on any atom is 0.234 e. The summed E-state index contributed by atoms with van der Waals surface area (Å²) in [5, 5.41) is 5.12. The molecule has 1 unspecified atom stereocenters. The lowest BCUT2D eigenvalue weighted by atomic mass is 10.0. The number of benzene rings is 1. The highest BCUT2D eigenvalue weighted by Crippen LogP contribution is 2.32. The number of nitrogens with one attached hydrogen (secondary N) is 1. The number of carbonyl (C=O) groups is 1. The Kier molecular flexibility index (Phi) is 5.53. The highest BCUT2D eigenvalue weighted by molar-refractivity contribution is 7.10. The summed E-state index contributed by atoms with van der Waals surface area (Å²) in [5.74, 6) is 0.968. The Hall–Kier alpha value is -1.85. The van der Waals surface area contributed by atoms with Gasteiger partial charge in [-0.1, -0.05) is 12.1 Å². The molecule has 0 saturated carbocycles. The number of rotatable bonds is 6. The van der Waals surface area contributed by atoms with Crippen molar-refractivity contribution in [2.45, 2.75) is 32.4 Å². The van der Waals surface area contributed by atoms with Gasteiger partial charge in [-0.15, -0.1) is 11.3 Å². The van der Waals surface area contributed by atoms with E-state index < -0.39 is 0 Å². The molecule has 1 aliphatic rings. The fourth-order valence-electron chi connectivity index (χ4n) is 3.22. The molecular weight excluding hydrogens is 320 g/mol. The molecule has 0 spiro atoms. The second kappa shape index (κ2) is 7.81. The maximum absolute atomic E-state index is 12.3. The zero-order valence-electron chi connectivity index (χ0n) is 14.2. The predicted molar refractivity (Wildman–Crippen MR) is 97.4 cm³/mol. The van der Waals surface area contributed by atoms with Crippen molar-refractivity contribution in [1.29, 1.82) is 0 Å². The summed E-state index contributed by atoms with van der Waals surface area (Å²) in [5.41, 5.74) is 2.51. The number of hydrogen-bond acceptors (Lipinski definition) is 4. The number of likely N-dealkylation sites (tertiary alicyclic amines) is 1. The number of methoxy groups -OCH3 is 1. The zero-order chi connectivity index (χ0) is 16.9. The van der Waals surface area contributed by atoms with Gasteiger partial charge < -0.3 is 10.1 Å². The number of carbonyl (C=O) groups excluding carboxylic acids is 1. The van der Waals surface area contributed by atoms with Crippen molar-refractivity contribution in [2.24, 2.45) is 0 Å². The van der Waals surface area contributed by atoms with E-state index in [4.69, 9.17) is 4.74 Å². The third-order valence-electron chi connectivity index (χ3n) is 4.63. The van der Waals surface area contributed by atoms with Gasteiger partial charge >= 0.3 is 0 Å². The number of amides is 1. The maximum atomic E-state index is 12.3. The van der Waals surface area contributed by atoms with Crippen LogP contribution in [0.3, 0.4) is 0 Å². The van der Waals surface area contributed by atoms with Crippen LogP contribution >= 0.6 is 11.3 Å². The van der Waals surface area contributed by atoms with Crippen LogP contribution < -0.4 is 10.1 Å². The summed E-state index contributed by atoms with van der Waals surface area (Å²) in [6.45, 7) is 4.14. The quantitative estimate of drug-likeness (QED) is 0.872. The average molecular weight is 344 g/mol. The Morgan fingerprint density at radius 2 is 2.12 bits per heavy atom. The van der Waals surface area contributed by atoms with Crippen molar-refractivity contribution < 1.29 is 9.53 Å². The van der Waals surface area contributed by atoms with Gasteiger partial charge in [-0.3, -0.25) is 9.69 Å². The van der Waals surface area contributed by atoms with Crippen molar-refractivity contribution in [3.8, 4) is 5.75 Å². The van der Waals surface area contributed by atoms with E-state index >= 15 is 0 Å². The van der Waals surface area contributed by atoms with E-state index in [9.17, 15) is 4.79 Å². The van der Waals surface area contributed by atoms with Crippen molar-refractivity contribution >= 4 is 17.2 Å². The van der Waals surface area contributed by atoms with Crippen LogP contribution in [0.2, 0.25) is 0 Å². The van der Waals surface area contributed by atoms with E-state index in [1.807, 2.05) is 12.1 Å². The summed E-state index contributed by atoms with van der Waals surface area (Å²) in [6.07, 6.45) is 2.23. The molecule has 0 radical (unpaired) electrons. The Morgan fingerprint density at radius 3 is 2.79 bits per heavy atom. The lowest BCUT2D eigenvalue weighted by molar-refractivity contribution is -0.122. The first kappa shape index (κ1) is 17.0. The highest BCUT2D eigenvalue weighted by atomic mass is 32.1. The lowest BCUT2D eigenvalue weighted by Crippen LogP contribution is -2.36. The Labute approximate surface area is 147 Å². The van der Waals surface area contributed by atoms with E-state index in [0.717, 1.165) is 25.1 Å². The molecule has 3 rings (SSSR count). The van der Waals surface area contributed by atoms with Crippen LogP contribution in [0.4, 0.5) is 0 Å². The normalized spacial score (nSPS) is 17.8. The van der Waals surface area contributed by atoms with Crippen LogP contribution in [0, 0.1) is 6.92 Å². The molecule has 1 N–H and O–H groups in total. The minimum absolute atomic E-state index is 0.100. The fourth-order valence-corrected chi connectivity index (χ4v) is 4.07. The fraction of sp³-hybridized carbons (Fsp3) is 0.421. The molecule has 1 aliphatic heterocycles. The summed E-state index contributed by atoms with van der Waals surface area (Å²) in [4.78, 5) is 15.8. The van der Waals surface area contributed by atoms with Gasteiger partial charge in [0.2, 0.25) is 5.91 Å². The number of hydrogen-bond donors (Lipinski definition) is 1. The number of ether oxygens (including phenoxy) is 1. The molecule has 0 bridgehead atoms. The summed E-state index contributed by atoms with van der Waals surface area (Å²) < 4.78 is 5.22. The minimum atomic E-state index is 0.100. The standard InChI is InChI=1S/C19H24N2O2S/c1-14-9-11-24-18(14)12-20-19(22)13-21-10-3-4-17(21)15-5-7-16(23-2)8-6-15/h5-9,11,17H,3-4,10,12-13H2,1-2H3,(H,20,22). The summed E-state index contributed by atoms with van der Waals surface area (Å²) in [7, 11) is 1.68.